The van der Waals surface area contributed by atoms with E-state index in [2.05, 4.69) is 4.98 Å². The van der Waals surface area contributed by atoms with Gasteiger partial charge in [-0.2, -0.15) is 0 Å². The summed E-state index contributed by atoms with van der Waals surface area (Å²) >= 11 is 0. The van der Waals surface area contributed by atoms with Crippen LogP contribution in [0.2, 0.25) is 0 Å². The van der Waals surface area contributed by atoms with Crippen molar-refractivity contribution in [3.05, 3.63) is 60.7 Å². The van der Waals surface area contributed by atoms with Gasteiger partial charge in [0.2, 0.25) is 0 Å². The van der Waals surface area contributed by atoms with E-state index in [4.69, 9.17) is 0 Å². The van der Waals surface area contributed by atoms with Gasteiger partial charge in [0.25, 0.3) is 0 Å². The standard InChI is InChI=1S/C18H13NO2/c20-15-10-13-12-8-4-5-9-14(12)19-17(13)16(18(15)21)11-6-2-1-3-7-11/h1-10,19-21H. The molecule has 1 aromatic heterocycles. The summed E-state index contributed by atoms with van der Waals surface area (Å²) in [6.07, 6.45) is 0. The Morgan fingerprint density at radius 3 is 2.29 bits per heavy atom. The van der Waals surface area contributed by atoms with E-state index in [9.17, 15) is 10.2 Å². The molecule has 4 aromatic rings. The molecule has 3 N–H and O–H groups in total. The summed E-state index contributed by atoms with van der Waals surface area (Å²) in [5.41, 5.74) is 3.30. The van der Waals surface area contributed by atoms with Gasteiger partial charge in [-0.15, -0.1) is 0 Å². The fourth-order valence-electron chi connectivity index (χ4n) is 2.85. The topological polar surface area (TPSA) is 56.2 Å². The molecule has 0 aliphatic carbocycles. The number of benzene rings is 3. The van der Waals surface area contributed by atoms with Gasteiger partial charge in [-0.1, -0.05) is 48.5 Å². The van der Waals surface area contributed by atoms with Crippen LogP contribution in [0, 0.1) is 0 Å². The Labute approximate surface area is 121 Å². The zero-order valence-corrected chi connectivity index (χ0v) is 11.2. The first-order valence-electron chi connectivity index (χ1n) is 6.76. The van der Waals surface area contributed by atoms with Crippen molar-refractivity contribution < 1.29 is 10.2 Å². The summed E-state index contributed by atoms with van der Waals surface area (Å²) in [7, 11) is 0. The van der Waals surface area contributed by atoms with Crippen molar-refractivity contribution in [3.63, 3.8) is 0 Å². The molecule has 4 rings (SSSR count). The Balaban J connectivity index is 2.21. The van der Waals surface area contributed by atoms with Crippen molar-refractivity contribution >= 4 is 21.8 Å². The fraction of sp³-hybridized carbons (Fsp3) is 0. The Morgan fingerprint density at radius 2 is 1.48 bits per heavy atom. The van der Waals surface area contributed by atoms with E-state index in [1.165, 1.54) is 0 Å². The van der Waals surface area contributed by atoms with Crippen LogP contribution in [0.4, 0.5) is 0 Å². The SMILES string of the molecule is Oc1cc2c([nH]c3ccccc32)c(-c2ccccc2)c1O. The maximum atomic E-state index is 10.3. The molecule has 3 heteroatoms. The Kier molecular flexibility index (Phi) is 2.42. The highest BCUT2D eigenvalue weighted by atomic mass is 16.3. The van der Waals surface area contributed by atoms with Crippen LogP contribution >= 0.6 is 0 Å². The first-order chi connectivity index (χ1) is 10.3. The molecule has 0 bridgehead atoms. The van der Waals surface area contributed by atoms with Crippen molar-refractivity contribution in [2.24, 2.45) is 0 Å². The second kappa shape index (κ2) is 4.28. The minimum atomic E-state index is -0.105. The molecule has 0 aliphatic rings. The number of hydrogen-bond acceptors (Lipinski definition) is 2. The predicted molar refractivity (Wildman–Crippen MR) is 84.6 cm³/mol. The Bertz CT molecular complexity index is 955. The van der Waals surface area contributed by atoms with Crippen LogP contribution in [0.15, 0.2) is 60.7 Å². The highest BCUT2D eigenvalue weighted by Crippen LogP contribution is 2.44. The lowest BCUT2D eigenvalue weighted by Crippen LogP contribution is -1.83. The van der Waals surface area contributed by atoms with E-state index >= 15 is 0 Å². The summed E-state index contributed by atoms with van der Waals surface area (Å²) < 4.78 is 0. The van der Waals surface area contributed by atoms with Gasteiger partial charge in [0.1, 0.15) is 0 Å². The number of hydrogen-bond donors (Lipinski definition) is 3. The number of phenols is 2. The van der Waals surface area contributed by atoms with Crippen LogP contribution < -0.4 is 0 Å². The summed E-state index contributed by atoms with van der Waals surface area (Å²) in [6, 6.07) is 19.1. The third-order valence-electron chi connectivity index (χ3n) is 3.82. The number of H-pyrrole nitrogens is 1. The summed E-state index contributed by atoms with van der Waals surface area (Å²) in [5.74, 6) is -0.202. The van der Waals surface area contributed by atoms with Crippen LogP contribution in [0.3, 0.4) is 0 Å². The minimum Gasteiger partial charge on any atom is -0.504 e. The fourth-order valence-corrected chi connectivity index (χ4v) is 2.85. The lowest BCUT2D eigenvalue weighted by atomic mass is 10.0. The predicted octanol–water partition coefficient (Wildman–Crippen LogP) is 4.40. The molecule has 3 aromatic carbocycles. The molecule has 21 heavy (non-hydrogen) atoms. The second-order valence-electron chi connectivity index (χ2n) is 5.08. The molecule has 0 atom stereocenters. The van der Waals surface area contributed by atoms with Crippen LogP contribution in [-0.2, 0) is 0 Å². The molecule has 0 amide bonds. The molecule has 0 saturated heterocycles. The maximum absolute atomic E-state index is 10.3. The second-order valence-corrected chi connectivity index (χ2v) is 5.08. The average molecular weight is 275 g/mol. The van der Waals surface area contributed by atoms with Crippen molar-refractivity contribution in [1.29, 1.82) is 0 Å². The zero-order chi connectivity index (χ0) is 14.4. The Hall–Kier alpha value is -2.94. The summed E-state index contributed by atoms with van der Waals surface area (Å²) in [5, 5.41) is 22.3. The van der Waals surface area contributed by atoms with Crippen LogP contribution in [0.25, 0.3) is 32.9 Å². The lowest BCUT2D eigenvalue weighted by Gasteiger charge is -2.08. The normalized spacial score (nSPS) is 11.2. The first kappa shape index (κ1) is 11.9. The van der Waals surface area contributed by atoms with E-state index < -0.39 is 0 Å². The minimum absolute atomic E-state index is 0.0970. The van der Waals surface area contributed by atoms with Crippen molar-refractivity contribution in [1.82, 2.24) is 4.98 Å². The molecule has 1 heterocycles. The van der Waals surface area contributed by atoms with Crippen LogP contribution in [0.5, 0.6) is 11.5 Å². The quantitative estimate of drug-likeness (QED) is 0.451. The summed E-state index contributed by atoms with van der Waals surface area (Å²) in [4.78, 5) is 3.34. The van der Waals surface area contributed by atoms with Crippen molar-refractivity contribution in [2.45, 2.75) is 0 Å². The van der Waals surface area contributed by atoms with Crippen molar-refractivity contribution in [2.75, 3.05) is 0 Å². The van der Waals surface area contributed by atoms with Gasteiger partial charge in [-0.3, -0.25) is 0 Å². The van der Waals surface area contributed by atoms with Gasteiger partial charge < -0.3 is 15.2 Å². The van der Waals surface area contributed by atoms with Gasteiger partial charge in [0.15, 0.2) is 11.5 Å². The largest absolute Gasteiger partial charge is 0.504 e. The monoisotopic (exact) mass is 275 g/mol. The van der Waals surface area contributed by atoms with Gasteiger partial charge in [-0.25, -0.2) is 0 Å². The molecule has 0 fully saturated rings. The molecule has 3 nitrogen and oxygen atoms in total. The van der Waals surface area contributed by atoms with Gasteiger partial charge in [0, 0.05) is 16.3 Å². The number of rotatable bonds is 1. The van der Waals surface area contributed by atoms with E-state index in [1.54, 1.807) is 6.07 Å². The smallest absolute Gasteiger partial charge is 0.167 e. The maximum Gasteiger partial charge on any atom is 0.167 e. The van der Waals surface area contributed by atoms with Crippen LogP contribution in [0.1, 0.15) is 0 Å². The highest BCUT2D eigenvalue weighted by Gasteiger charge is 2.17. The van der Waals surface area contributed by atoms with E-state index in [1.807, 2.05) is 54.6 Å². The number of phenolic OH excluding ortho intramolecular Hbond substituents is 2. The van der Waals surface area contributed by atoms with Crippen molar-refractivity contribution in [3.8, 4) is 22.6 Å². The number of nitrogens with one attached hydrogen (secondary N) is 1. The average Bonchev–Trinajstić information content (AvgIpc) is 2.87. The number of fused-ring (bicyclic) bond motifs is 3. The number of aromatic nitrogens is 1. The molecule has 0 aliphatic heterocycles. The van der Waals surface area contributed by atoms with E-state index in [-0.39, 0.29) is 11.5 Å². The highest BCUT2D eigenvalue weighted by molar-refractivity contribution is 6.13. The number of aromatic amines is 1. The number of aromatic hydroxyl groups is 2. The van der Waals surface area contributed by atoms with Gasteiger partial charge >= 0.3 is 0 Å². The molecule has 0 spiro atoms. The molecule has 102 valence electrons. The summed E-state index contributed by atoms with van der Waals surface area (Å²) in [6.45, 7) is 0. The van der Waals surface area contributed by atoms with Crippen LogP contribution in [-0.4, -0.2) is 15.2 Å². The Morgan fingerprint density at radius 1 is 0.762 bits per heavy atom. The molecule has 0 saturated carbocycles. The van der Waals surface area contributed by atoms with Gasteiger partial charge in [0.05, 0.1) is 11.1 Å². The van der Waals surface area contributed by atoms with E-state index in [0.717, 1.165) is 27.4 Å². The molecular formula is C18H13NO2. The molecule has 0 unspecified atom stereocenters. The third-order valence-corrected chi connectivity index (χ3v) is 3.82. The number of para-hydroxylation sites is 1. The molecule has 0 radical (unpaired) electrons. The lowest BCUT2D eigenvalue weighted by molar-refractivity contribution is 0.406. The third kappa shape index (κ3) is 1.68. The first-order valence-corrected chi connectivity index (χ1v) is 6.76. The molecular weight excluding hydrogens is 262 g/mol. The zero-order valence-electron chi connectivity index (χ0n) is 11.2. The van der Waals surface area contributed by atoms with E-state index in [0.29, 0.717) is 5.56 Å². The van der Waals surface area contributed by atoms with Gasteiger partial charge in [-0.05, 0) is 17.7 Å².